The number of fused-ring (bicyclic) bond motifs is 6. The van der Waals surface area contributed by atoms with Crippen molar-refractivity contribution >= 4 is 115 Å². The molecule has 3 amide bonds. The smallest absolute Gasteiger partial charge is 0.259 e. The second kappa shape index (κ2) is 30.8. The summed E-state index contributed by atoms with van der Waals surface area (Å²) in [7, 11) is -10.1. The fraction of sp³-hybridized carbons (Fsp3) is 0.305. The average Bonchev–Trinajstić information content (AvgIpc) is 1.61. The number of H-pyrrole nitrogens is 3. The van der Waals surface area contributed by atoms with Gasteiger partial charge in [-0.25, -0.2) is 55.2 Å². The van der Waals surface area contributed by atoms with Crippen LogP contribution in [0.15, 0.2) is 179 Å². The molecule has 27 nitrogen and oxygen atoms in total. The molecule has 0 bridgehead atoms. The fourth-order valence-electron chi connectivity index (χ4n) is 14.9. The Morgan fingerprint density at radius 3 is 1.13 bits per heavy atom. The van der Waals surface area contributed by atoms with Crippen molar-refractivity contribution in [2.45, 2.75) is 111 Å². The Hall–Kier alpha value is -11.3. The molecule has 17 rings (SSSR count). The lowest BCUT2D eigenvalue weighted by Gasteiger charge is -2.33. The number of nitrogens with two attached hydrogens (primary N) is 3. The monoisotopic (exact) mass is 1580 g/mol. The van der Waals surface area contributed by atoms with Gasteiger partial charge in [-0.2, -0.15) is 0 Å². The minimum atomic E-state index is -3.36. The Balaban J connectivity index is 0.000000313. The van der Waals surface area contributed by atoms with Crippen LogP contribution in [0.4, 0.5) is 34.1 Å². The molecule has 30 heteroatoms. The zero-order chi connectivity index (χ0) is 78.7. The summed E-state index contributed by atoms with van der Waals surface area (Å²) in [6, 6.07) is 37.8. The summed E-state index contributed by atoms with van der Waals surface area (Å²) in [6.45, 7) is 17.8. The Kier molecular flexibility index (Phi) is 20.9. The average molecular weight is 1590 g/mol. The van der Waals surface area contributed by atoms with Crippen LogP contribution in [-0.2, 0) is 49.1 Å². The highest BCUT2D eigenvalue weighted by Gasteiger charge is 2.36. The second-order valence-electron chi connectivity index (χ2n) is 29.7. The Labute approximate surface area is 664 Å². The molecule has 0 spiro atoms. The lowest BCUT2D eigenvalue weighted by Crippen LogP contribution is -2.36. The summed E-state index contributed by atoms with van der Waals surface area (Å²) < 4.78 is 74.8. The maximum atomic E-state index is 13.4. The minimum absolute atomic E-state index is 0. The summed E-state index contributed by atoms with van der Waals surface area (Å²) >= 11 is 0. The number of benzene rings is 6. The lowest BCUT2D eigenvalue weighted by atomic mass is 9.96. The van der Waals surface area contributed by atoms with E-state index in [0.717, 1.165) is 102 Å². The molecule has 6 aromatic heterocycles. The highest BCUT2D eigenvalue weighted by atomic mass is 32.2. The van der Waals surface area contributed by atoms with Crippen molar-refractivity contribution in [2.75, 3.05) is 82.2 Å². The molecule has 0 aliphatic carbocycles. The van der Waals surface area contributed by atoms with Crippen molar-refractivity contribution in [2.24, 2.45) is 29.0 Å². The third-order valence-corrected chi connectivity index (χ3v) is 28.2. The van der Waals surface area contributed by atoms with E-state index in [1.165, 1.54) is 0 Å². The molecule has 6 aromatic carbocycles. The van der Waals surface area contributed by atoms with E-state index < -0.39 is 45.3 Å². The van der Waals surface area contributed by atoms with Crippen LogP contribution in [0.25, 0.3) is 67.3 Å². The molecular formula is C82H108N18O9S3. The number of carbonyl (C=O) groups is 3. The van der Waals surface area contributed by atoms with E-state index in [9.17, 15) is 39.6 Å². The molecule has 112 heavy (non-hydrogen) atoms. The number of anilines is 6. The molecule has 2 fully saturated rings. The highest BCUT2D eigenvalue weighted by molar-refractivity contribution is 7.92. The molecule has 0 radical (unpaired) electrons. The molecular weight excluding hydrogens is 1480 g/mol. The van der Waals surface area contributed by atoms with Crippen LogP contribution in [0.3, 0.4) is 0 Å². The number of hydrogen-bond donors (Lipinski definition) is 7. The molecule has 11 heterocycles. The van der Waals surface area contributed by atoms with Gasteiger partial charge in [-0.15, -0.1) is 0 Å². The van der Waals surface area contributed by atoms with Gasteiger partial charge in [0.15, 0.2) is 46.5 Å². The summed E-state index contributed by atoms with van der Waals surface area (Å²) in [5.41, 5.74) is 35.0. The maximum absolute atomic E-state index is 13.4. The van der Waals surface area contributed by atoms with Crippen LogP contribution >= 0.6 is 0 Å². The van der Waals surface area contributed by atoms with Gasteiger partial charge >= 0.3 is 0 Å². The minimum Gasteiger partial charge on any atom is -0.384 e. The summed E-state index contributed by atoms with van der Waals surface area (Å²) in [4.78, 5) is 88.0. The predicted octanol–water partition coefficient (Wildman–Crippen LogP) is 13.7. The Morgan fingerprint density at radius 1 is 0.446 bits per heavy atom. The van der Waals surface area contributed by atoms with E-state index in [0.29, 0.717) is 135 Å². The number of piperidine rings is 1. The topological polar surface area (TPSA) is 385 Å². The molecule has 2 saturated heterocycles. The SMILES string of the molecule is CC(C)S(=O)(=O)c1ccc(-c2cnc3[nH]cc(N4Cc5cc(N6CCC(CN)CC6)ccc5C4=O)c3n2)cc1.CC(C)S(=O)(=O)c1ccc(-c2cnc3[nH]cc(N4Cc5cc(N6CC[C@@H](CN)C6)ccc5C4=O)c3n2)cc1.CC(C)S(=O)(=O)c1ccc(-c2cnc3[nH]cc(N4Cc5cc(NCCN)ccc5C4=O)c3n2)cc1.[HH].[HH].[HH].[HH].[HH].[HH].[HH].[HH].[HH].[HH]. The molecule has 5 aliphatic heterocycles. The maximum Gasteiger partial charge on any atom is 0.259 e. The van der Waals surface area contributed by atoms with Gasteiger partial charge in [0, 0.05) is 123 Å². The van der Waals surface area contributed by atoms with Gasteiger partial charge < -0.3 is 62.0 Å². The predicted molar refractivity (Wildman–Crippen MR) is 458 cm³/mol. The molecule has 0 unspecified atom stereocenters. The van der Waals surface area contributed by atoms with Crippen LogP contribution in [-0.4, -0.2) is 156 Å². The molecule has 12 aromatic rings. The van der Waals surface area contributed by atoms with Crippen LogP contribution in [0.1, 0.15) is 123 Å². The van der Waals surface area contributed by atoms with Crippen molar-refractivity contribution in [1.82, 2.24) is 44.9 Å². The van der Waals surface area contributed by atoms with Crippen LogP contribution in [0, 0.1) is 11.8 Å². The van der Waals surface area contributed by atoms with E-state index in [4.69, 9.17) is 32.2 Å². The van der Waals surface area contributed by atoms with Gasteiger partial charge in [0.2, 0.25) is 0 Å². The molecule has 598 valence electrons. The van der Waals surface area contributed by atoms with Gasteiger partial charge in [0.1, 0.15) is 16.6 Å². The number of nitrogens with zero attached hydrogens (tertiary/aromatic N) is 11. The quantitative estimate of drug-likeness (QED) is 0.0395. The fourth-order valence-corrected chi connectivity index (χ4v) is 18.0. The third-order valence-electron chi connectivity index (χ3n) is 21.7. The molecule has 10 N–H and O–H groups in total. The summed E-state index contributed by atoms with van der Waals surface area (Å²) in [5, 5.41) is 1.75. The Bertz CT molecular complexity index is 6030. The van der Waals surface area contributed by atoms with E-state index in [1.54, 1.807) is 166 Å². The molecule has 5 aliphatic rings. The first-order valence-corrected chi connectivity index (χ1v) is 42.2. The number of aromatic nitrogens is 9. The lowest BCUT2D eigenvalue weighted by molar-refractivity contribution is 0.0989. The van der Waals surface area contributed by atoms with Crippen molar-refractivity contribution in [3.8, 4) is 33.8 Å². The van der Waals surface area contributed by atoms with Gasteiger partial charge in [-0.1, -0.05) is 36.4 Å². The van der Waals surface area contributed by atoms with Crippen molar-refractivity contribution in [3.05, 3.63) is 198 Å². The highest BCUT2D eigenvalue weighted by Crippen LogP contribution is 2.40. The van der Waals surface area contributed by atoms with Crippen LogP contribution in [0.5, 0.6) is 0 Å². The first-order chi connectivity index (χ1) is 53.8. The number of hydrogen-bond acceptors (Lipinski definition) is 21. The van der Waals surface area contributed by atoms with E-state index >= 15 is 0 Å². The van der Waals surface area contributed by atoms with Gasteiger partial charge in [0.05, 0.1) is 103 Å². The van der Waals surface area contributed by atoms with E-state index in [1.807, 2.05) is 42.5 Å². The van der Waals surface area contributed by atoms with Crippen LogP contribution in [0.2, 0.25) is 0 Å². The van der Waals surface area contributed by atoms with Gasteiger partial charge in [-0.3, -0.25) is 14.4 Å². The first-order valence-electron chi connectivity index (χ1n) is 37.6. The van der Waals surface area contributed by atoms with Gasteiger partial charge in [0.25, 0.3) is 17.7 Å². The normalized spacial score (nSPS) is 16.0. The van der Waals surface area contributed by atoms with Crippen molar-refractivity contribution in [1.29, 1.82) is 0 Å². The van der Waals surface area contributed by atoms with Crippen LogP contribution < -0.4 is 47.0 Å². The first kappa shape index (κ1) is 76.1. The number of nitrogens with one attached hydrogen (secondary N) is 4. The number of sulfone groups is 3. The number of aromatic amines is 3. The number of carbonyl (C=O) groups excluding carboxylic acids is 3. The van der Waals surface area contributed by atoms with E-state index in [-0.39, 0.29) is 46.7 Å². The molecule has 0 saturated carbocycles. The summed E-state index contributed by atoms with van der Waals surface area (Å²) in [6.07, 6.45) is 13.5. The zero-order valence-corrected chi connectivity index (χ0v) is 65.4. The van der Waals surface area contributed by atoms with Crippen molar-refractivity contribution < 1.29 is 53.9 Å². The largest absolute Gasteiger partial charge is 0.384 e. The number of amides is 3. The standard InChI is InChI=1S/C29H32N6O3S.C28H30N6O3S.C25H26N6O3S.10H2/c1-18(2)39(37,38)23-6-3-20(4-7-23)25-15-31-28-27(33-25)26(16-32-28)35-17-21-13-22(5-8-24(21)29(35)36)34-11-9-19(14-30)10-12-34;1-17(2)38(36,37)22-6-3-19(4-7-22)24-13-30-27-26(32-24)25(14-31-27)34-16-20-11-21(5-8-23(20)28(34)35)33-10-9-18(12-29)15-33;1-15(2)35(33,34)19-6-3-16(4-7-19)21-12-28-24-23(30-21)22(13-29-24)31-14-17-11-18(27-10-9-26)5-8-20(17)25(31)32;;;;;;;;;;/h3-8,13,15-16,18-19H,9-12,14,17,30H2,1-2H3,(H,31,32);3-8,11,13-14,17-18H,9-10,12,15-16,29H2,1-2H3,(H,30,31);3-8,11-13,15,27H,9-10,14,26H2,1-2H3,(H,28,29);10*1H/t;18-;;;;;;;;;;;/m.0.........../s1. The Morgan fingerprint density at radius 2 is 0.786 bits per heavy atom. The molecule has 1 atom stereocenters. The summed E-state index contributed by atoms with van der Waals surface area (Å²) in [5.74, 6) is 0.878. The van der Waals surface area contributed by atoms with Crippen molar-refractivity contribution in [3.63, 3.8) is 0 Å². The van der Waals surface area contributed by atoms with E-state index in [2.05, 4.69) is 57.2 Å². The second-order valence-corrected chi connectivity index (χ2v) is 37.2. The zero-order valence-electron chi connectivity index (χ0n) is 62.9. The third kappa shape index (κ3) is 14.5. The van der Waals surface area contributed by atoms with Gasteiger partial charge in [-0.05, 0) is 193 Å². The number of rotatable bonds is 19.